The largest absolute Gasteiger partial charge is 0.361 e. The van der Waals surface area contributed by atoms with Crippen LogP contribution in [0.1, 0.15) is 11.1 Å². The number of carbonyl (C=O) groups excluding carboxylic acids is 1. The number of aromatic nitrogens is 1. The zero-order chi connectivity index (χ0) is 17.6. The quantitative estimate of drug-likeness (QED) is 0.538. The molecule has 0 aliphatic carbocycles. The summed E-state index contributed by atoms with van der Waals surface area (Å²) in [4.78, 5) is 15.3. The highest BCUT2D eigenvalue weighted by Crippen LogP contribution is 2.23. The topological polar surface area (TPSA) is 68.7 Å². The van der Waals surface area contributed by atoms with Crippen LogP contribution in [0.4, 0.5) is 0 Å². The molecule has 0 spiro atoms. The van der Waals surface area contributed by atoms with Crippen molar-refractivity contribution in [1.82, 2.24) is 10.3 Å². The van der Waals surface area contributed by atoms with Gasteiger partial charge in [-0.25, -0.2) is 0 Å². The van der Waals surface area contributed by atoms with Crippen molar-refractivity contribution in [3.05, 3.63) is 76.5 Å². The van der Waals surface area contributed by atoms with Crippen LogP contribution in [-0.2, 0) is 11.2 Å². The van der Waals surface area contributed by atoms with E-state index < -0.39 is 0 Å². The van der Waals surface area contributed by atoms with Crippen LogP contribution in [0.5, 0.6) is 0 Å². The number of hydrogen-bond acceptors (Lipinski definition) is 2. The first-order valence-corrected chi connectivity index (χ1v) is 8.26. The molecular formula is C20H16ClN3O. The Bertz CT molecular complexity index is 968. The summed E-state index contributed by atoms with van der Waals surface area (Å²) in [6.45, 7) is 0.478. The molecule has 0 bridgehead atoms. The summed E-state index contributed by atoms with van der Waals surface area (Å²) in [7, 11) is 0. The Morgan fingerprint density at radius 2 is 2.04 bits per heavy atom. The monoisotopic (exact) mass is 349 g/mol. The molecule has 0 atom stereocenters. The molecule has 3 rings (SSSR count). The van der Waals surface area contributed by atoms with Crippen LogP contribution in [0, 0.1) is 11.3 Å². The van der Waals surface area contributed by atoms with Gasteiger partial charge in [0.25, 0.3) is 5.91 Å². The van der Waals surface area contributed by atoms with E-state index in [0.29, 0.717) is 11.6 Å². The second kappa shape index (κ2) is 7.69. The van der Waals surface area contributed by atoms with Gasteiger partial charge in [-0.2, -0.15) is 5.26 Å². The third-order valence-corrected chi connectivity index (χ3v) is 4.12. The van der Waals surface area contributed by atoms with Crippen molar-refractivity contribution in [3.63, 3.8) is 0 Å². The molecule has 0 aliphatic heterocycles. The van der Waals surface area contributed by atoms with Crippen LogP contribution < -0.4 is 5.32 Å². The van der Waals surface area contributed by atoms with Crippen molar-refractivity contribution in [1.29, 1.82) is 5.26 Å². The third kappa shape index (κ3) is 4.09. The van der Waals surface area contributed by atoms with Crippen LogP contribution in [0.3, 0.4) is 0 Å². The van der Waals surface area contributed by atoms with E-state index in [1.54, 1.807) is 24.4 Å². The molecule has 5 heteroatoms. The van der Waals surface area contributed by atoms with E-state index in [4.69, 9.17) is 11.6 Å². The number of fused-ring (bicyclic) bond motifs is 1. The van der Waals surface area contributed by atoms with Gasteiger partial charge in [-0.05, 0) is 30.2 Å². The molecule has 25 heavy (non-hydrogen) atoms. The summed E-state index contributed by atoms with van der Waals surface area (Å²) >= 11 is 5.97. The SMILES string of the molecule is N#C/C(=C\c1c[nH]c2cc(Cl)ccc12)C(=O)NCCc1ccccc1. The van der Waals surface area contributed by atoms with E-state index in [2.05, 4.69) is 10.3 Å². The first kappa shape index (κ1) is 16.8. The lowest BCUT2D eigenvalue weighted by Crippen LogP contribution is -2.26. The fourth-order valence-electron chi connectivity index (χ4n) is 2.60. The average Bonchev–Trinajstić information content (AvgIpc) is 3.02. The molecule has 0 fully saturated rings. The molecule has 3 aromatic rings. The Labute approximate surface area is 150 Å². The summed E-state index contributed by atoms with van der Waals surface area (Å²) in [5.74, 6) is -0.373. The first-order chi connectivity index (χ1) is 12.2. The van der Waals surface area contributed by atoms with Gasteiger partial charge in [0.15, 0.2) is 0 Å². The van der Waals surface area contributed by atoms with E-state index >= 15 is 0 Å². The second-order valence-corrected chi connectivity index (χ2v) is 6.03. The summed E-state index contributed by atoms with van der Waals surface area (Å²) in [6, 6.07) is 17.3. The molecule has 1 heterocycles. The zero-order valence-corrected chi connectivity index (χ0v) is 14.2. The molecule has 124 valence electrons. The molecular weight excluding hydrogens is 334 g/mol. The van der Waals surface area contributed by atoms with Gasteiger partial charge in [-0.1, -0.05) is 48.0 Å². The lowest BCUT2D eigenvalue weighted by Gasteiger charge is -2.04. The van der Waals surface area contributed by atoms with Gasteiger partial charge in [0.05, 0.1) is 0 Å². The number of H-pyrrole nitrogens is 1. The number of nitrogens with one attached hydrogen (secondary N) is 2. The maximum absolute atomic E-state index is 12.2. The molecule has 4 nitrogen and oxygen atoms in total. The highest BCUT2D eigenvalue weighted by Gasteiger charge is 2.10. The summed E-state index contributed by atoms with van der Waals surface area (Å²) < 4.78 is 0. The fraction of sp³-hybridized carbons (Fsp3) is 0.100. The minimum atomic E-state index is -0.373. The van der Waals surface area contributed by atoms with Crippen molar-refractivity contribution in [3.8, 4) is 6.07 Å². The van der Waals surface area contributed by atoms with Gasteiger partial charge < -0.3 is 10.3 Å². The maximum Gasteiger partial charge on any atom is 0.261 e. The van der Waals surface area contributed by atoms with Crippen LogP contribution in [0.25, 0.3) is 17.0 Å². The normalized spacial score (nSPS) is 11.3. The lowest BCUT2D eigenvalue weighted by molar-refractivity contribution is -0.117. The summed E-state index contributed by atoms with van der Waals surface area (Å²) in [5, 5.41) is 13.6. The number of halogens is 1. The highest BCUT2D eigenvalue weighted by atomic mass is 35.5. The first-order valence-electron chi connectivity index (χ1n) is 7.88. The Morgan fingerprint density at radius 3 is 2.80 bits per heavy atom. The lowest BCUT2D eigenvalue weighted by atomic mass is 10.1. The third-order valence-electron chi connectivity index (χ3n) is 3.88. The molecule has 0 unspecified atom stereocenters. The fourth-order valence-corrected chi connectivity index (χ4v) is 2.78. The molecule has 2 N–H and O–H groups in total. The van der Waals surface area contributed by atoms with E-state index in [1.165, 1.54) is 0 Å². The van der Waals surface area contributed by atoms with Crippen molar-refractivity contribution < 1.29 is 4.79 Å². The van der Waals surface area contributed by atoms with Gasteiger partial charge in [-0.3, -0.25) is 4.79 Å². The number of carbonyl (C=O) groups is 1. The molecule has 1 amide bonds. The second-order valence-electron chi connectivity index (χ2n) is 5.60. The Kier molecular flexibility index (Phi) is 5.17. The van der Waals surface area contributed by atoms with Gasteiger partial charge in [0.1, 0.15) is 11.6 Å². The van der Waals surface area contributed by atoms with Crippen LogP contribution >= 0.6 is 11.6 Å². The molecule has 0 radical (unpaired) electrons. The van der Waals surface area contributed by atoms with Crippen molar-refractivity contribution in [2.75, 3.05) is 6.54 Å². The molecule has 2 aromatic carbocycles. The number of aromatic amines is 1. The van der Waals surface area contributed by atoms with E-state index in [0.717, 1.165) is 28.5 Å². The van der Waals surface area contributed by atoms with Crippen molar-refractivity contribution in [2.45, 2.75) is 6.42 Å². The molecule has 1 aromatic heterocycles. The summed E-state index contributed by atoms with van der Waals surface area (Å²) in [5.41, 5.74) is 2.85. The predicted octanol–water partition coefficient (Wildman–Crippen LogP) is 4.09. The minimum Gasteiger partial charge on any atom is -0.361 e. The van der Waals surface area contributed by atoms with Gasteiger partial charge in [0.2, 0.25) is 0 Å². The van der Waals surface area contributed by atoms with Gasteiger partial charge in [-0.15, -0.1) is 0 Å². The van der Waals surface area contributed by atoms with Crippen molar-refractivity contribution >= 4 is 34.5 Å². The Balaban J connectivity index is 1.71. The maximum atomic E-state index is 12.2. The van der Waals surface area contributed by atoms with E-state index in [-0.39, 0.29) is 11.5 Å². The number of nitriles is 1. The van der Waals surface area contributed by atoms with Crippen molar-refractivity contribution in [2.24, 2.45) is 0 Å². The van der Waals surface area contributed by atoms with Gasteiger partial charge in [0, 0.05) is 34.2 Å². The highest BCUT2D eigenvalue weighted by molar-refractivity contribution is 6.31. The number of rotatable bonds is 5. The van der Waals surface area contributed by atoms with Crippen LogP contribution in [-0.4, -0.2) is 17.4 Å². The predicted molar refractivity (Wildman–Crippen MR) is 100 cm³/mol. The van der Waals surface area contributed by atoms with Crippen LogP contribution in [0.15, 0.2) is 60.3 Å². The zero-order valence-electron chi connectivity index (χ0n) is 13.4. The molecule has 0 saturated heterocycles. The number of benzene rings is 2. The number of hydrogen-bond donors (Lipinski definition) is 2. The average molecular weight is 350 g/mol. The Morgan fingerprint density at radius 1 is 1.24 bits per heavy atom. The van der Waals surface area contributed by atoms with Crippen LogP contribution in [0.2, 0.25) is 5.02 Å². The van der Waals surface area contributed by atoms with Gasteiger partial charge >= 0.3 is 0 Å². The minimum absolute atomic E-state index is 0.0731. The smallest absolute Gasteiger partial charge is 0.261 e. The van der Waals surface area contributed by atoms with E-state index in [9.17, 15) is 10.1 Å². The number of amides is 1. The molecule has 0 aliphatic rings. The standard InChI is InChI=1S/C20H16ClN3O/c21-17-6-7-18-16(13-24-19(18)11-17)10-15(12-22)20(25)23-9-8-14-4-2-1-3-5-14/h1-7,10-11,13,24H,8-9H2,(H,23,25)/b15-10+. The number of nitrogens with zero attached hydrogens (tertiary/aromatic N) is 1. The Hall–Kier alpha value is -3.03. The van der Waals surface area contributed by atoms with E-state index in [1.807, 2.05) is 42.5 Å². The summed E-state index contributed by atoms with van der Waals surface area (Å²) in [6.07, 6.45) is 4.07. The molecule has 0 saturated carbocycles.